The molecule has 0 saturated heterocycles. The molecule has 88 valence electrons. The lowest BCUT2D eigenvalue weighted by Crippen LogP contribution is -2.30. The summed E-state index contributed by atoms with van der Waals surface area (Å²) in [5.74, 6) is 2.67. The first-order chi connectivity index (χ1) is 7.31. The smallest absolute Gasteiger partial charge is 0.00462 e. The van der Waals surface area contributed by atoms with Crippen LogP contribution in [0.5, 0.6) is 0 Å². The van der Waals surface area contributed by atoms with Crippen LogP contribution in [0.4, 0.5) is 0 Å². The first-order valence-corrected chi connectivity index (χ1v) is 6.62. The van der Waals surface area contributed by atoms with Crippen molar-refractivity contribution >= 4 is 0 Å². The van der Waals surface area contributed by atoms with Gasteiger partial charge in [0.25, 0.3) is 0 Å². The molecule has 0 aromatic carbocycles. The molecule has 1 rings (SSSR count). The van der Waals surface area contributed by atoms with Gasteiger partial charge in [-0.05, 0) is 56.4 Å². The number of hydrogen-bond acceptors (Lipinski definition) is 1. The van der Waals surface area contributed by atoms with Gasteiger partial charge < -0.3 is 5.73 Å². The fourth-order valence-electron chi connectivity index (χ4n) is 2.98. The van der Waals surface area contributed by atoms with Gasteiger partial charge in [0.15, 0.2) is 0 Å². The predicted molar refractivity (Wildman–Crippen MR) is 67.7 cm³/mol. The van der Waals surface area contributed by atoms with Crippen LogP contribution in [-0.4, -0.2) is 6.54 Å². The van der Waals surface area contributed by atoms with Crippen LogP contribution in [0.25, 0.3) is 0 Å². The van der Waals surface area contributed by atoms with E-state index in [-0.39, 0.29) is 0 Å². The molecule has 0 spiro atoms. The fraction of sp³-hybridized carbons (Fsp3) is 0.857. The molecule has 1 aliphatic rings. The zero-order valence-corrected chi connectivity index (χ0v) is 10.3. The van der Waals surface area contributed by atoms with Gasteiger partial charge in [0, 0.05) is 0 Å². The van der Waals surface area contributed by atoms with Crippen molar-refractivity contribution < 1.29 is 0 Å². The van der Waals surface area contributed by atoms with Crippen molar-refractivity contribution in [2.75, 3.05) is 6.54 Å². The Hall–Kier alpha value is -0.300. The van der Waals surface area contributed by atoms with Gasteiger partial charge in [-0.2, -0.15) is 0 Å². The van der Waals surface area contributed by atoms with Crippen LogP contribution in [-0.2, 0) is 0 Å². The van der Waals surface area contributed by atoms with Crippen LogP contribution in [0.2, 0.25) is 0 Å². The Morgan fingerprint density at radius 1 is 1.33 bits per heavy atom. The Balaban J connectivity index is 2.36. The highest BCUT2D eigenvalue weighted by Gasteiger charge is 2.28. The minimum Gasteiger partial charge on any atom is -0.330 e. The van der Waals surface area contributed by atoms with E-state index in [1.165, 1.54) is 44.9 Å². The van der Waals surface area contributed by atoms with Crippen LogP contribution >= 0.6 is 0 Å². The first kappa shape index (κ1) is 12.8. The second-order valence-electron chi connectivity index (χ2n) is 5.06. The Bertz CT molecular complexity index is 176. The molecule has 2 N–H and O–H groups in total. The Morgan fingerprint density at radius 2 is 2.13 bits per heavy atom. The zero-order valence-electron chi connectivity index (χ0n) is 10.3. The molecule has 3 unspecified atom stereocenters. The minimum atomic E-state index is 0.803. The maximum atomic E-state index is 5.86. The zero-order chi connectivity index (χ0) is 11.1. The molecule has 0 bridgehead atoms. The summed E-state index contributed by atoms with van der Waals surface area (Å²) in [4.78, 5) is 0. The molecule has 0 aromatic rings. The van der Waals surface area contributed by atoms with Crippen molar-refractivity contribution in [3.63, 3.8) is 0 Å². The van der Waals surface area contributed by atoms with Gasteiger partial charge in [-0.25, -0.2) is 0 Å². The SMILES string of the molecule is C=CCCCC1CC(CC)CCC1CN. The molecule has 0 aromatic heterocycles. The Labute approximate surface area is 95.1 Å². The summed E-state index contributed by atoms with van der Waals surface area (Å²) in [5, 5.41) is 0. The topological polar surface area (TPSA) is 26.0 Å². The average molecular weight is 209 g/mol. The van der Waals surface area contributed by atoms with Gasteiger partial charge in [0.1, 0.15) is 0 Å². The molecule has 3 atom stereocenters. The second-order valence-corrected chi connectivity index (χ2v) is 5.06. The number of allylic oxidation sites excluding steroid dienone is 1. The molecule has 1 fully saturated rings. The number of unbranched alkanes of at least 4 members (excludes halogenated alkanes) is 1. The normalized spacial score (nSPS) is 31.5. The van der Waals surface area contributed by atoms with Crippen molar-refractivity contribution in [3.8, 4) is 0 Å². The summed E-state index contributed by atoms with van der Waals surface area (Å²) in [5.41, 5.74) is 5.86. The van der Waals surface area contributed by atoms with Crippen LogP contribution < -0.4 is 5.73 Å². The first-order valence-electron chi connectivity index (χ1n) is 6.62. The molecule has 0 amide bonds. The van der Waals surface area contributed by atoms with E-state index in [1.807, 2.05) is 6.08 Å². The average Bonchev–Trinajstić information content (AvgIpc) is 2.29. The van der Waals surface area contributed by atoms with E-state index < -0.39 is 0 Å². The van der Waals surface area contributed by atoms with E-state index in [1.54, 1.807) is 0 Å². The quantitative estimate of drug-likeness (QED) is 0.523. The summed E-state index contributed by atoms with van der Waals surface area (Å²) in [6.07, 6.45) is 11.4. The Morgan fingerprint density at radius 3 is 2.73 bits per heavy atom. The minimum absolute atomic E-state index is 0.803. The summed E-state index contributed by atoms with van der Waals surface area (Å²) in [6.45, 7) is 7.01. The van der Waals surface area contributed by atoms with Crippen LogP contribution in [0.15, 0.2) is 12.7 Å². The van der Waals surface area contributed by atoms with Gasteiger partial charge in [0.05, 0.1) is 0 Å². The standard InChI is InChI=1S/C14H27N/c1-3-5-6-7-13-10-12(4-2)8-9-14(13)11-15/h3,12-14H,1,4-11,15H2,2H3. The molecule has 1 saturated carbocycles. The summed E-state index contributed by atoms with van der Waals surface area (Å²) >= 11 is 0. The largest absolute Gasteiger partial charge is 0.330 e. The van der Waals surface area contributed by atoms with Gasteiger partial charge >= 0.3 is 0 Å². The molecule has 0 radical (unpaired) electrons. The molecular formula is C14H27N. The van der Waals surface area contributed by atoms with Crippen LogP contribution in [0.3, 0.4) is 0 Å². The van der Waals surface area contributed by atoms with Gasteiger partial charge in [-0.3, -0.25) is 0 Å². The fourth-order valence-corrected chi connectivity index (χ4v) is 2.98. The maximum Gasteiger partial charge on any atom is -0.00462 e. The number of rotatable bonds is 6. The molecule has 15 heavy (non-hydrogen) atoms. The molecule has 1 aliphatic carbocycles. The molecule has 0 heterocycles. The lowest BCUT2D eigenvalue weighted by Gasteiger charge is -2.35. The third-order valence-electron chi connectivity index (χ3n) is 4.11. The van der Waals surface area contributed by atoms with Crippen molar-refractivity contribution in [2.45, 2.75) is 51.9 Å². The summed E-state index contributed by atoms with van der Waals surface area (Å²) in [7, 11) is 0. The van der Waals surface area contributed by atoms with Crippen molar-refractivity contribution in [1.82, 2.24) is 0 Å². The summed E-state index contributed by atoms with van der Waals surface area (Å²) < 4.78 is 0. The highest BCUT2D eigenvalue weighted by Crippen LogP contribution is 2.37. The third-order valence-corrected chi connectivity index (χ3v) is 4.11. The predicted octanol–water partition coefficient (Wildman–Crippen LogP) is 3.74. The van der Waals surface area contributed by atoms with E-state index in [2.05, 4.69) is 13.5 Å². The Kier molecular flexibility index (Phi) is 6.00. The van der Waals surface area contributed by atoms with E-state index in [4.69, 9.17) is 5.73 Å². The lowest BCUT2D eigenvalue weighted by atomic mass is 9.71. The van der Waals surface area contributed by atoms with E-state index >= 15 is 0 Å². The number of nitrogens with two attached hydrogens (primary N) is 1. The molecular weight excluding hydrogens is 182 g/mol. The van der Waals surface area contributed by atoms with Crippen molar-refractivity contribution in [1.29, 1.82) is 0 Å². The molecule has 1 nitrogen and oxygen atoms in total. The van der Waals surface area contributed by atoms with Crippen LogP contribution in [0.1, 0.15) is 51.9 Å². The highest BCUT2D eigenvalue weighted by molar-refractivity contribution is 4.81. The van der Waals surface area contributed by atoms with E-state index in [0.717, 1.165) is 24.3 Å². The monoisotopic (exact) mass is 209 g/mol. The van der Waals surface area contributed by atoms with E-state index in [9.17, 15) is 0 Å². The second kappa shape index (κ2) is 7.05. The highest BCUT2D eigenvalue weighted by atomic mass is 14.6. The third kappa shape index (κ3) is 3.98. The molecule has 1 heteroatoms. The molecule has 0 aliphatic heterocycles. The maximum absolute atomic E-state index is 5.86. The summed E-state index contributed by atoms with van der Waals surface area (Å²) in [6, 6.07) is 0. The van der Waals surface area contributed by atoms with Crippen molar-refractivity contribution in [3.05, 3.63) is 12.7 Å². The van der Waals surface area contributed by atoms with Gasteiger partial charge in [-0.1, -0.05) is 25.8 Å². The van der Waals surface area contributed by atoms with Gasteiger partial charge in [-0.15, -0.1) is 6.58 Å². The van der Waals surface area contributed by atoms with E-state index in [0.29, 0.717) is 0 Å². The lowest BCUT2D eigenvalue weighted by molar-refractivity contribution is 0.169. The van der Waals surface area contributed by atoms with Crippen LogP contribution in [0, 0.1) is 17.8 Å². The van der Waals surface area contributed by atoms with Gasteiger partial charge in [0.2, 0.25) is 0 Å². The van der Waals surface area contributed by atoms with Crippen molar-refractivity contribution in [2.24, 2.45) is 23.5 Å². The number of hydrogen-bond donors (Lipinski definition) is 1.